The predicted octanol–water partition coefficient (Wildman–Crippen LogP) is 4.72. The number of anilines is 1. The number of alkyl halides is 2. The molecule has 0 bridgehead atoms. The average Bonchev–Trinajstić information content (AvgIpc) is 3.26. The number of carbonyl (C=O) groups is 1. The largest absolute Gasteiger partial charge is 0.586 e. The number of hydrogen-bond donors (Lipinski definition) is 2. The number of rotatable bonds is 4. The molecule has 2 heterocycles. The van der Waals surface area contributed by atoms with Gasteiger partial charge in [-0.2, -0.15) is 0 Å². The van der Waals surface area contributed by atoms with Crippen molar-refractivity contribution in [3.63, 3.8) is 0 Å². The zero-order valence-corrected chi connectivity index (χ0v) is 15.1. The Hall–Kier alpha value is -3.09. The summed E-state index contributed by atoms with van der Waals surface area (Å²) in [5.74, 6) is -0.208. The van der Waals surface area contributed by atoms with Gasteiger partial charge in [-0.1, -0.05) is 13.0 Å². The van der Waals surface area contributed by atoms with Gasteiger partial charge in [-0.05, 0) is 61.2 Å². The zero-order chi connectivity index (χ0) is 19.5. The molecule has 1 amide bonds. The van der Waals surface area contributed by atoms with Crippen LogP contribution in [0.2, 0.25) is 0 Å². The molecule has 0 spiro atoms. The maximum Gasteiger partial charge on any atom is 0.586 e. The Kier molecular flexibility index (Phi) is 3.47. The Morgan fingerprint density at radius 2 is 1.89 bits per heavy atom. The lowest BCUT2D eigenvalue weighted by atomic mass is 9.94. The summed E-state index contributed by atoms with van der Waals surface area (Å²) in [4.78, 5) is 16.3. The van der Waals surface area contributed by atoms with Crippen LogP contribution in [0, 0.1) is 0 Å². The van der Waals surface area contributed by atoms with E-state index in [1.807, 2.05) is 18.2 Å². The maximum atomic E-state index is 13.3. The molecule has 0 unspecified atom stereocenters. The van der Waals surface area contributed by atoms with E-state index in [-0.39, 0.29) is 17.4 Å². The highest BCUT2D eigenvalue weighted by atomic mass is 19.3. The van der Waals surface area contributed by atoms with Crippen molar-refractivity contribution in [2.45, 2.75) is 37.9 Å². The van der Waals surface area contributed by atoms with Crippen molar-refractivity contribution in [3.05, 3.63) is 53.7 Å². The van der Waals surface area contributed by atoms with E-state index in [1.54, 1.807) is 6.07 Å². The topological polar surface area (TPSA) is 63.4 Å². The normalized spacial score (nSPS) is 18.2. The number of H-pyrrole nitrogens is 1. The molecule has 1 aromatic heterocycles. The molecule has 1 aliphatic heterocycles. The highest BCUT2D eigenvalue weighted by molar-refractivity contribution is 6.02. The minimum atomic E-state index is -3.66. The summed E-state index contributed by atoms with van der Waals surface area (Å²) in [5.41, 5.74) is 2.79. The number of fused-ring (bicyclic) bond motifs is 2. The van der Waals surface area contributed by atoms with Gasteiger partial charge < -0.3 is 19.8 Å². The molecule has 5 rings (SSSR count). The summed E-state index contributed by atoms with van der Waals surface area (Å²) >= 11 is 0. The molecule has 1 fully saturated rings. The SMILES string of the molecule is CCc1cc2cc(NC(=O)C3(c4ccc5c(c4)OC(F)(F)O5)CC3)ccc2[nH]1. The first kappa shape index (κ1) is 17.0. The van der Waals surface area contributed by atoms with E-state index in [9.17, 15) is 13.6 Å². The first-order valence-electron chi connectivity index (χ1n) is 9.22. The van der Waals surface area contributed by atoms with Crippen molar-refractivity contribution < 1.29 is 23.0 Å². The molecule has 144 valence electrons. The molecular formula is C21H18F2N2O3. The molecular weight excluding hydrogens is 366 g/mol. The second-order valence-electron chi connectivity index (χ2n) is 7.32. The highest BCUT2D eigenvalue weighted by Crippen LogP contribution is 2.52. The quantitative estimate of drug-likeness (QED) is 0.684. The number of benzene rings is 2. The van der Waals surface area contributed by atoms with Gasteiger partial charge in [-0.3, -0.25) is 4.79 Å². The zero-order valence-electron chi connectivity index (χ0n) is 15.1. The van der Waals surface area contributed by atoms with Gasteiger partial charge in [0.15, 0.2) is 11.5 Å². The fourth-order valence-corrected chi connectivity index (χ4v) is 3.73. The van der Waals surface area contributed by atoms with Gasteiger partial charge in [0.05, 0.1) is 5.41 Å². The van der Waals surface area contributed by atoms with Crippen molar-refractivity contribution in [1.82, 2.24) is 4.98 Å². The van der Waals surface area contributed by atoms with Gasteiger partial charge in [-0.25, -0.2) is 0 Å². The molecule has 5 nitrogen and oxygen atoms in total. The number of nitrogens with one attached hydrogen (secondary N) is 2. The number of aryl methyl sites for hydroxylation is 1. The summed E-state index contributed by atoms with van der Waals surface area (Å²) in [7, 11) is 0. The van der Waals surface area contributed by atoms with E-state index in [2.05, 4.69) is 32.8 Å². The number of halogens is 2. The number of hydrogen-bond acceptors (Lipinski definition) is 3. The first-order valence-corrected chi connectivity index (χ1v) is 9.22. The van der Waals surface area contributed by atoms with Crippen LogP contribution in [0.1, 0.15) is 31.0 Å². The van der Waals surface area contributed by atoms with E-state index in [0.717, 1.165) is 23.0 Å². The maximum absolute atomic E-state index is 13.3. The Morgan fingerprint density at radius 1 is 1.11 bits per heavy atom. The van der Waals surface area contributed by atoms with Crippen LogP contribution in [0.4, 0.5) is 14.5 Å². The summed E-state index contributed by atoms with van der Waals surface area (Å²) in [6.45, 7) is 2.07. The van der Waals surface area contributed by atoms with E-state index < -0.39 is 11.7 Å². The Bertz CT molecular complexity index is 1100. The standard InChI is InChI=1S/C21H18F2N2O3/c1-2-14-9-12-10-15(4-5-16(12)24-14)25-19(26)20(7-8-20)13-3-6-17-18(11-13)28-21(22,23)27-17/h3-6,9-11,24H,2,7-8H2,1H3,(H,25,26). The van der Waals surface area contributed by atoms with Crippen molar-refractivity contribution >= 4 is 22.5 Å². The number of amides is 1. The van der Waals surface area contributed by atoms with Gasteiger partial charge in [0.2, 0.25) is 5.91 Å². The molecule has 28 heavy (non-hydrogen) atoms. The third-order valence-electron chi connectivity index (χ3n) is 5.45. The number of aromatic amines is 1. The molecule has 0 atom stereocenters. The summed E-state index contributed by atoms with van der Waals surface area (Å²) in [6, 6.07) is 12.3. The van der Waals surface area contributed by atoms with Crippen LogP contribution in [-0.2, 0) is 16.6 Å². The van der Waals surface area contributed by atoms with E-state index in [4.69, 9.17) is 0 Å². The van der Waals surface area contributed by atoms with Crippen LogP contribution in [0.3, 0.4) is 0 Å². The minimum Gasteiger partial charge on any atom is -0.395 e. The molecule has 2 aliphatic rings. The van der Waals surface area contributed by atoms with E-state index >= 15 is 0 Å². The van der Waals surface area contributed by atoms with Gasteiger partial charge in [0.1, 0.15) is 0 Å². The third-order valence-corrected chi connectivity index (χ3v) is 5.45. The van der Waals surface area contributed by atoms with Crippen molar-refractivity contribution in [2.75, 3.05) is 5.32 Å². The average molecular weight is 384 g/mol. The number of ether oxygens (including phenoxy) is 2. The van der Waals surface area contributed by atoms with Crippen molar-refractivity contribution in [3.8, 4) is 11.5 Å². The lowest BCUT2D eigenvalue weighted by molar-refractivity contribution is -0.286. The molecule has 2 N–H and O–H groups in total. The summed E-state index contributed by atoms with van der Waals surface area (Å²) in [5, 5.41) is 4.01. The lowest BCUT2D eigenvalue weighted by Gasteiger charge is -2.16. The predicted molar refractivity (Wildman–Crippen MR) is 99.9 cm³/mol. The second-order valence-corrected chi connectivity index (χ2v) is 7.32. The van der Waals surface area contributed by atoms with Gasteiger partial charge in [0.25, 0.3) is 0 Å². The molecule has 7 heteroatoms. The molecule has 2 aromatic carbocycles. The van der Waals surface area contributed by atoms with Crippen LogP contribution in [0.15, 0.2) is 42.5 Å². The fourth-order valence-electron chi connectivity index (χ4n) is 3.73. The highest BCUT2D eigenvalue weighted by Gasteiger charge is 2.52. The summed E-state index contributed by atoms with van der Waals surface area (Å²) < 4.78 is 35.5. The molecule has 3 aromatic rings. The Balaban J connectivity index is 1.40. The first-order chi connectivity index (χ1) is 13.4. The molecule has 0 saturated heterocycles. The van der Waals surface area contributed by atoms with Gasteiger partial charge in [-0.15, -0.1) is 8.78 Å². The molecule has 0 radical (unpaired) electrons. The molecule has 1 aliphatic carbocycles. The third kappa shape index (κ3) is 2.69. The monoisotopic (exact) mass is 384 g/mol. The van der Waals surface area contributed by atoms with Crippen LogP contribution in [-0.4, -0.2) is 17.2 Å². The van der Waals surface area contributed by atoms with Crippen LogP contribution in [0.5, 0.6) is 11.5 Å². The van der Waals surface area contributed by atoms with E-state index in [0.29, 0.717) is 24.1 Å². The number of carbonyl (C=O) groups excluding carboxylic acids is 1. The number of aromatic nitrogens is 1. The Morgan fingerprint density at radius 3 is 2.64 bits per heavy atom. The molecule has 1 saturated carbocycles. The smallest absolute Gasteiger partial charge is 0.395 e. The van der Waals surface area contributed by atoms with Gasteiger partial charge in [0, 0.05) is 22.3 Å². The van der Waals surface area contributed by atoms with Crippen molar-refractivity contribution in [2.24, 2.45) is 0 Å². The fraction of sp³-hybridized carbons (Fsp3) is 0.286. The van der Waals surface area contributed by atoms with E-state index in [1.165, 1.54) is 12.1 Å². The summed E-state index contributed by atoms with van der Waals surface area (Å²) in [6.07, 6.45) is -1.45. The van der Waals surface area contributed by atoms with Crippen LogP contribution >= 0.6 is 0 Å². The van der Waals surface area contributed by atoms with Crippen molar-refractivity contribution in [1.29, 1.82) is 0 Å². The van der Waals surface area contributed by atoms with Gasteiger partial charge >= 0.3 is 6.29 Å². The minimum absolute atomic E-state index is 0.0189. The second kappa shape index (κ2) is 5.70. The van der Waals surface area contributed by atoms with Crippen LogP contribution < -0.4 is 14.8 Å². The van der Waals surface area contributed by atoms with Crippen LogP contribution in [0.25, 0.3) is 10.9 Å². The Labute approximate surface area is 159 Å². The lowest BCUT2D eigenvalue weighted by Crippen LogP contribution is -2.27.